The van der Waals surface area contributed by atoms with Gasteiger partial charge in [-0.1, -0.05) is 6.08 Å². The highest BCUT2D eigenvalue weighted by atomic mass is 16.5. The first kappa shape index (κ1) is 12.4. The van der Waals surface area contributed by atoms with Gasteiger partial charge >= 0.3 is 0 Å². The second-order valence-electron chi connectivity index (χ2n) is 4.58. The Labute approximate surface area is 103 Å². The molecule has 1 heterocycles. The number of furan rings is 1. The van der Waals surface area contributed by atoms with Crippen LogP contribution in [-0.2, 0) is 17.9 Å². The molecule has 0 bridgehead atoms. The molecule has 0 atom stereocenters. The van der Waals surface area contributed by atoms with Gasteiger partial charge in [0.2, 0.25) is 0 Å². The first-order chi connectivity index (χ1) is 8.29. The predicted octanol–water partition coefficient (Wildman–Crippen LogP) is 2.93. The van der Waals surface area contributed by atoms with Crippen LogP contribution in [0.3, 0.4) is 0 Å². The van der Waals surface area contributed by atoms with E-state index in [9.17, 15) is 0 Å². The van der Waals surface area contributed by atoms with Gasteiger partial charge in [0.25, 0.3) is 0 Å². The van der Waals surface area contributed by atoms with E-state index < -0.39 is 0 Å². The molecule has 17 heavy (non-hydrogen) atoms. The summed E-state index contributed by atoms with van der Waals surface area (Å²) in [7, 11) is 0. The molecule has 94 valence electrons. The van der Waals surface area contributed by atoms with Gasteiger partial charge < -0.3 is 14.5 Å². The van der Waals surface area contributed by atoms with Gasteiger partial charge in [0, 0.05) is 18.2 Å². The van der Waals surface area contributed by atoms with Crippen LogP contribution in [-0.4, -0.2) is 12.6 Å². The summed E-state index contributed by atoms with van der Waals surface area (Å²) in [5.74, 6) is 1.92. The van der Waals surface area contributed by atoms with Crippen molar-refractivity contribution in [2.75, 3.05) is 6.61 Å². The maximum absolute atomic E-state index is 5.66. The number of rotatable bonds is 8. The SMILES string of the molecule is C=CCCOCc1cc(CNC2CC2)c(C)o1. The van der Waals surface area contributed by atoms with Gasteiger partial charge in [0.15, 0.2) is 0 Å². The highest BCUT2D eigenvalue weighted by Gasteiger charge is 2.20. The van der Waals surface area contributed by atoms with E-state index in [1.165, 1.54) is 18.4 Å². The molecule has 1 aliphatic carbocycles. The van der Waals surface area contributed by atoms with Gasteiger partial charge in [-0.05, 0) is 32.3 Å². The van der Waals surface area contributed by atoms with Crippen molar-refractivity contribution in [1.29, 1.82) is 0 Å². The van der Waals surface area contributed by atoms with Crippen LogP contribution in [0.25, 0.3) is 0 Å². The van der Waals surface area contributed by atoms with Crippen LogP contribution >= 0.6 is 0 Å². The smallest absolute Gasteiger partial charge is 0.130 e. The van der Waals surface area contributed by atoms with Gasteiger partial charge in [0.05, 0.1) is 6.61 Å². The minimum absolute atomic E-state index is 0.554. The zero-order valence-electron chi connectivity index (χ0n) is 10.5. The quantitative estimate of drug-likeness (QED) is 0.555. The molecule has 1 N–H and O–H groups in total. The lowest BCUT2D eigenvalue weighted by Crippen LogP contribution is -2.15. The lowest BCUT2D eigenvalue weighted by Gasteiger charge is -1.99. The zero-order chi connectivity index (χ0) is 12.1. The van der Waals surface area contributed by atoms with Crippen molar-refractivity contribution in [2.24, 2.45) is 0 Å². The third-order valence-electron chi connectivity index (χ3n) is 2.94. The van der Waals surface area contributed by atoms with E-state index in [-0.39, 0.29) is 0 Å². The van der Waals surface area contributed by atoms with Gasteiger partial charge in [0.1, 0.15) is 18.1 Å². The molecule has 1 fully saturated rings. The summed E-state index contributed by atoms with van der Waals surface area (Å²) in [6.45, 7) is 7.84. The third-order valence-corrected chi connectivity index (χ3v) is 2.94. The molecule has 1 aromatic heterocycles. The Morgan fingerprint density at radius 1 is 1.59 bits per heavy atom. The first-order valence-corrected chi connectivity index (χ1v) is 6.30. The van der Waals surface area contributed by atoms with Crippen LogP contribution in [0.5, 0.6) is 0 Å². The molecule has 3 nitrogen and oxygen atoms in total. The van der Waals surface area contributed by atoms with E-state index in [2.05, 4.69) is 18.0 Å². The van der Waals surface area contributed by atoms with Crippen LogP contribution in [0, 0.1) is 6.92 Å². The third kappa shape index (κ3) is 4.02. The van der Waals surface area contributed by atoms with E-state index in [0.29, 0.717) is 13.2 Å². The number of aryl methyl sites for hydroxylation is 1. The normalized spacial score (nSPS) is 15.1. The minimum Gasteiger partial charge on any atom is -0.464 e. The zero-order valence-corrected chi connectivity index (χ0v) is 10.5. The summed E-state index contributed by atoms with van der Waals surface area (Å²) in [6.07, 6.45) is 5.37. The van der Waals surface area contributed by atoms with E-state index in [1.807, 2.05) is 13.0 Å². The molecule has 3 heteroatoms. The highest BCUT2D eigenvalue weighted by molar-refractivity contribution is 5.20. The van der Waals surface area contributed by atoms with Gasteiger partial charge in [-0.25, -0.2) is 0 Å². The fourth-order valence-corrected chi connectivity index (χ4v) is 1.72. The Balaban J connectivity index is 1.77. The molecule has 0 spiro atoms. The monoisotopic (exact) mass is 235 g/mol. The van der Waals surface area contributed by atoms with E-state index in [4.69, 9.17) is 9.15 Å². The molecular weight excluding hydrogens is 214 g/mol. The summed E-state index contributed by atoms with van der Waals surface area (Å²) >= 11 is 0. The Morgan fingerprint density at radius 2 is 2.41 bits per heavy atom. The van der Waals surface area contributed by atoms with Crippen molar-refractivity contribution >= 4 is 0 Å². The van der Waals surface area contributed by atoms with Gasteiger partial charge in [-0.15, -0.1) is 6.58 Å². The fourth-order valence-electron chi connectivity index (χ4n) is 1.72. The second kappa shape index (κ2) is 6.03. The fraction of sp³-hybridized carbons (Fsp3) is 0.571. The van der Waals surface area contributed by atoms with E-state index in [0.717, 1.165) is 30.5 Å². The average Bonchev–Trinajstić information content (AvgIpc) is 3.07. The van der Waals surface area contributed by atoms with Crippen molar-refractivity contribution in [2.45, 2.75) is 45.4 Å². The second-order valence-corrected chi connectivity index (χ2v) is 4.58. The van der Waals surface area contributed by atoms with Crippen LogP contribution in [0.1, 0.15) is 36.3 Å². The molecule has 1 saturated carbocycles. The minimum atomic E-state index is 0.554. The average molecular weight is 235 g/mol. The van der Waals surface area contributed by atoms with Gasteiger partial charge in [-0.3, -0.25) is 0 Å². The van der Waals surface area contributed by atoms with Crippen molar-refractivity contribution < 1.29 is 9.15 Å². The molecule has 0 unspecified atom stereocenters. The lowest BCUT2D eigenvalue weighted by atomic mass is 10.2. The van der Waals surface area contributed by atoms with Crippen molar-refractivity contribution in [3.05, 3.63) is 35.8 Å². The van der Waals surface area contributed by atoms with Crippen molar-refractivity contribution in [3.63, 3.8) is 0 Å². The van der Waals surface area contributed by atoms with E-state index in [1.54, 1.807) is 0 Å². The Kier molecular flexibility index (Phi) is 4.40. The molecular formula is C14H21NO2. The number of hydrogen-bond acceptors (Lipinski definition) is 3. The molecule has 1 aromatic rings. The predicted molar refractivity (Wildman–Crippen MR) is 67.8 cm³/mol. The topological polar surface area (TPSA) is 34.4 Å². The molecule has 0 aromatic carbocycles. The summed E-state index contributed by atoms with van der Waals surface area (Å²) in [5.41, 5.74) is 1.25. The van der Waals surface area contributed by atoms with Crippen LogP contribution in [0.2, 0.25) is 0 Å². The number of ether oxygens (including phenoxy) is 1. The van der Waals surface area contributed by atoms with Crippen molar-refractivity contribution in [1.82, 2.24) is 5.32 Å². The highest BCUT2D eigenvalue weighted by Crippen LogP contribution is 2.21. The lowest BCUT2D eigenvalue weighted by molar-refractivity contribution is 0.109. The van der Waals surface area contributed by atoms with Crippen LogP contribution < -0.4 is 5.32 Å². The summed E-state index contributed by atoms with van der Waals surface area (Å²) in [6, 6.07) is 2.83. The molecule has 1 aliphatic rings. The molecule has 0 saturated heterocycles. The molecule has 2 rings (SSSR count). The Bertz CT molecular complexity index is 366. The molecule has 0 amide bonds. The van der Waals surface area contributed by atoms with Crippen molar-refractivity contribution in [3.8, 4) is 0 Å². The summed E-state index contributed by atoms with van der Waals surface area (Å²) in [5, 5.41) is 3.49. The van der Waals surface area contributed by atoms with Gasteiger partial charge in [-0.2, -0.15) is 0 Å². The number of hydrogen-bond donors (Lipinski definition) is 1. The Hall–Kier alpha value is -1.06. The number of nitrogens with one attached hydrogen (secondary N) is 1. The molecule has 0 radical (unpaired) electrons. The largest absolute Gasteiger partial charge is 0.464 e. The summed E-state index contributed by atoms with van der Waals surface area (Å²) in [4.78, 5) is 0. The van der Waals surface area contributed by atoms with Crippen LogP contribution in [0.4, 0.5) is 0 Å². The maximum Gasteiger partial charge on any atom is 0.130 e. The molecule has 0 aliphatic heterocycles. The first-order valence-electron chi connectivity index (χ1n) is 6.30. The maximum atomic E-state index is 5.66. The van der Waals surface area contributed by atoms with E-state index >= 15 is 0 Å². The van der Waals surface area contributed by atoms with Crippen LogP contribution in [0.15, 0.2) is 23.1 Å². The Morgan fingerprint density at radius 3 is 3.12 bits per heavy atom. The standard InChI is InChI=1S/C14H21NO2/c1-3-4-7-16-10-14-8-12(11(2)17-14)9-15-13-5-6-13/h3,8,13,15H,1,4-7,9-10H2,2H3. The summed E-state index contributed by atoms with van der Waals surface area (Å²) < 4.78 is 11.1.